The lowest BCUT2D eigenvalue weighted by Gasteiger charge is -2.35. The van der Waals surface area contributed by atoms with Crippen LogP contribution in [0.5, 0.6) is 0 Å². The summed E-state index contributed by atoms with van der Waals surface area (Å²) in [7, 11) is 0. The van der Waals surface area contributed by atoms with Gasteiger partial charge in [-0.25, -0.2) is 0 Å². The van der Waals surface area contributed by atoms with Crippen molar-refractivity contribution in [2.75, 3.05) is 26.2 Å². The molecule has 124 valence electrons. The second kappa shape index (κ2) is 7.20. The Morgan fingerprint density at radius 2 is 1.86 bits per heavy atom. The summed E-state index contributed by atoms with van der Waals surface area (Å²) in [5.74, 6) is 0.694. The average Bonchev–Trinajstić information content (AvgIpc) is 3.29. The summed E-state index contributed by atoms with van der Waals surface area (Å²) >= 11 is 0. The molecule has 0 amide bonds. The first-order valence-electron chi connectivity index (χ1n) is 7.66. The number of piperazine rings is 1. The van der Waals surface area contributed by atoms with Crippen molar-refractivity contribution < 1.29 is 13.2 Å². The third-order valence-electron chi connectivity index (χ3n) is 4.44. The van der Waals surface area contributed by atoms with E-state index in [1.165, 1.54) is 18.9 Å². The van der Waals surface area contributed by atoms with Crippen LogP contribution < -0.4 is 5.32 Å². The van der Waals surface area contributed by atoms with Crippen molar-refractivity contribution in [3.63, 3.8) is 0 Å². The summed E-state index contributed by atoms with van der Waals surface area (Å²) in [6.45, 7) is 3.65. The fourth-order valence-corrected chi connectivity index (χ4v) is 3.08. The Kier molecular flexibility index (Phi) is 5.75. The lowest BCUT2D eigenvalue weighted by Crippen LogP contribution is -2.45. The molecule has 1 N–H and O–H groups in total. The minimum atomic E-state index is -4.26. The summed E-state index contributed by atoms with van der Waals surface area (Å²) in [5.41, 5.74) is 0.287. The molecular formula is C16H22ClF3N2. The molecule has 1 saturated carbocycles. The molecule has 2 aliphatic rings. The first-order valence-corrected chi connectivity index (χ1v) is 7.66. The van der Waals surface area contributed by atoms with Crippen molar-refractivity contribution in [2.45, 2.75) is 31.5 Å². The lowest BCUT2D eigenvalue weighted by atomic mass is 9.97. The Balaban J connectivity index is 0.00000176. The second-order valence-electron chi connectivity index (χ2n) is 6.10. The highest BCUT2D eigenvalue weighted by molar-refractivity contribution is 5.85. The summed E-state index contributed by atoms with van der Waals surface area (Å²) in [6, 6.07) is 6.02. The van der Waals surface area contributed by atoms with Gasteiger partial charge in [0.1, 0.15) is 0 Å². The van der Waals surface area contributed by atoms with Crippen LogP contribution in [0.25, 0.3) is 0 Å². The van der Waals surface area contributed by atoms with Crippen LogP contribution in [0.2, 0.25) is 0 Å². The highest BCUT2D eigenvalue weighted by atomic mass is 35.5. The lowest BCUT2D eigenvalue weighted by molar-refractivity contribution is -0.137. The number of nitrogens with one attached hydrogen (secondary N) is 1. The van der Waals surface area contributed by atoms with Crippen molar-refractivity contribution in [3.8, 4) is 0 Å². The van der Waals surface area contributed by atoms with Gasteiger partial charge in [-0.15, -0.1) is 12.4 Å². The number of benzene rings is 1. The normalized spacial score (nSPS) is 21.2. The van der Waals surface area contributed by atoms with E-state index >= 15 is 0 Å². The van der Waals surface area contributed by atoms with Crippen molar-refractivity contribution in [3.05, 3.63) is 35.4 Å². The summed E-state index contributed by atoms with van der Waals surface area (Å²) < 4.78 is 38.8. The fourth-order valence-electron chi connectivity index (χ4n) is 3.08. The Morgan fingerprint density at radius 1 is 1.18 bits per heavy atom. The van der Waals surface area contributed by atoms with Crippen LogP contribution in [0.4, 0.5) is 13.2 Å². The maximum atomic E-state index is 12.9. The number of hydrogen-bond acceptors (Lipinski definition) is 2. The van der Waals surface area contributed by atoms with E-state index in [1.807, 2.05) is 6.07 Å². The third-order valence-corrected chi connectivity index (χ3v) is 4.44. The molecule has 2 fully saturated rings. The number of nitrogens with zero attached hydrogens (tertiary/aromatic N) is 1. The zero-order valence-electron chi connectivity index (χ0n) is 12.4. The van der Waals surface area contributed by atoms with Gasteiger partial charge in [-0.3, -0.25) is 4.90 Å². The van der Waals surface area contributed by atoms with Gasteiger partial charge in [0, 0.05) is 32.2 Å². The molecular weight excluding hydrogens is 313 g/mol. The Hall–Kier alpha value is -0.780. The molecule has 1 saturated heterocycles. The molecule has 3 rings (SSSR count). The molecule has 1 aliphatic carbocycles. The highest BCUT2D eigenvalue weighted by Crippen LogP contribution is 2.41. The van der Waals surface area contributed by atoms with Gasteiger partial charge in [0.05, 0.1) is 5.56 Å². The van der Waals surface area contributed by atoms with E-state index in [2.05, 4.69) is 10.2 Å². The van der Waals surface area contributed by atoms with E-state index in [4.69, 9.17) is 0 Å². The maximum absolute atomic E-state index is 12.9. The molecule has 0 radical (unpaired) electrons. The predicted molar refractivity (Wildman–Crippen MR) is 83.2 cm³/mol. The molecule has 0 aromatic heterocycles. The van der Waals surface area contributed by atoms with Crippen molar-refractivity contribution >= 4 is 12.4 Å². The molecule has 0 bridgehead atoms. The number of alkyl halides is 3. The van der Waals surface area contributed by atoms with E-state index in [-0.39, 0.29) is 18.4 Å². The molecule has 1 atom stereocenters. The molecule has 6 heteroatoms. The zero-order chi connectivity index (χ0) is 14.9. The quantitative estimate of drug-likeness (QED) is 0.899. The van der Waals surface area contributed by atoms with Crippen LogP contribution in [-0.2, 0) is 6.18 Å². The predicted octanol–water partition coefficient (Wildman–Crippen LogP) is 3.87. The zero-order valence-corrected chi connectivity index (χ0v) is 13.2. The first-order chi connectivity index (χ1) is 10.0. The largest absolute Gasteiger partial charge is 0.416 e. The molecule has 1 heterocycles. The van der Waals surface area contributed by atoms with Gasteiger partial charge in [0.2, 0.25) is 0 Å². The standard InChI is InChI=1S/C16H21F3N2.ClH/c17-16(18,19)14-3-1-2-13(11-14)15(10-12-4-5-12)21-8-6-20-7-9-21;/h1-3,11-12,15,20H,4-10H2;1H/t15-;/m1./s1. The van der Waals surface area contributed by atoms with E-state index in [9.17, 15) is 13.2 Å². The Labute approximate surface area is 135 Å². The van der Waals surface area contributed by atoms with Crippen LogP contribution in [0, 0.1) is 5.92 Å². The molecule has 2 nitrogen and oxygen atoms in total. The van der Waals surface area contributed by atoms with Crippen LogP contribution in [-0.4, -0.2) is 31.1 Å². The smallest absolute Gasteiger partial charge is 0.314 e. The van der Waals surface area contributed by atoms with E-state index < -0.39 is 11.7 Å². The third kappa shape index (κ3) is 4.37. The summed E-state index contributed by atoms with van der Waals surface area (Å²) in [4.78, 5) is 2.34. The van der Waals surface area contributed by atoms with Gasteiger partial charge in [-0.05, 0) is 30.0 Å². The topological polar surface area (TPSA) is 15.3 Å². The molecule has 0 spiro atoms. The molecule has 22 heavy (non-hydrogen) atoms. The van der Waals surface area contributed by atoms with Crippen LogP contribution in [0.1, 0.15) is 36.4 Å². The highest BCUT2D eigenvalue weighted by Gasteiger charge is 2.34. The molecule has 1 aliphatic heterocycles. The first kappa shape index (κ1) is 17.6. The molecule has 1 aromatic rings. The van der Waals surface area contributed by atoms with Crippen LogP contribution in [0.15, 0.2) is 24.3 Å². The minimum Gasteiger partial charge on any atom is -0.314 e. The fraction of sp³-hybridized carbons (Fsp3) is 0.625. The van der Waals surface area contributed by atoms with Gasteiger partial charge >= 0.3 is 6.18 Å². The summed E-state index contributed by atoms with van der Waals surface area (Å²) in [6.07, 6.45) is -0.825. The van der Waals surface area contributed by atoms with Gasteiger partial charge in [-0.2, -0.15) is 13.2 Å². The number of hydrogen-bond donors (Lipinski definition) is 1. The Bertz CT molecular complexity index is 483. The van der Waals surface area contributed by atoms with Gasteiger partial charge < -0.3 is 5.32 Å². The van der Waals surface area contributed by atoms with Crippen molar-refractivity contribution in [2.24, 2.45) is 5.92 Å². The van der Waals surface area contributed by atoms with Crippen LogP contribution >= 0.6 is 12.4 Å². The van der Waals surface area contributed by atoms with Crippen molar-refractivity contribution in [1.82, 2.24) is 10.2 Å². The van der Waals surface area contributed by atoms with Gasteiger partial charge in [0.15, 0.2) is 0 Å². The molecule has 1 aromatic carbocycles. The monoisotopic (exact) mass is 334 g/mol. The molecule has 0 unspecified atom stereocenters. The second-order valence-corrected chi connectivity index (χ2v) is 6.10. The number of halogens is 4. The summed E-state index contributed by atoms with van der Waals surface area (Å²) in [5, 5.41) is 3.30. The van der Waals surface area contributed by atoms with E-state index in [0.29, 0.717) is 5.92 Å². The maximum Gasteiger partial charge on any atom is 0.416 e. The Morgan fingerprint density at radius 3 is 2.45 bits per heavy atom. The number of rotatable bonds is 4. The average molecular weight is 335 g/mol. The van der Waals surface area contributed by atoms with Gasteiger partial charge in [-0.1, -0.05) is 25.0 Å². The SMILES string of the molecule is Cl.FC(F)(F)c1cccc([C@@H](CC2CC2)N2CCNCC2)c1. The van der Waals surface area contributed by atoms with E-state index in [0.717, 1.165) is 44.2 Å². The van der Waals surface area contributed by atoms with Crippen LogP contribution in [0.3, 0.4) is 0 Å². The van der Waals surface area contributed by atoms with E-state index in [1.54, 1.807) is 6.07 Å². The van der Waals surface area contributed by atoms with Crippen molar-refractivity contribution in [1.29, 1.82) is 0 Å². The minimum absolute atomic E-state index is 0. The van der Waals surface area contributed by atoms with Gasteiger partial charge in [0.25, 0.3) is 0 Å².